The van der Waals surface area contributed by atoms with Crippen LogP contribution in [0.5, 0.6) is 5.75 Å². The van der Waals surface area contributed by atoms with Gasteiger partial charge in [0.05, 0.1) is 20.9 Å². The minimum Gasteiger partial charge on any atom is -0.486 e. The molecule has 28 heavy (non-hydrogen) atoms. The van der Waals surface area contributed by atoms with E-state index in [1.54, 1.807) is 30.4 Å². The molecular weight excluding hydrogens is 397 g/mol. The number of halogens is 1. The van der Waals surface area contributed by atoms with Crippen molar-refractivity contribution < 1.29 is 13.9 Å². The molecule has 4 aromatic rings. The van der Waals surface area contributed by atoms with Gasteiger partial charge in [0.2, 0.25) is 0 Å². The average molecular weight is 413 g/mol. The number of hydrogen-bond acceptors (Lipinski definition) is 6. The zero-order valence-corrected chi connectivity index (χ0v) is 16.8. The Kier molecular flexibility index (Phi) is 5.06. The lowest BCUT2D eigenvalue weighted by Gasteiger charge is -2.04. The largest absolute Gasteiger partial charge is 0.486 e. The van der Waals surface area contributed by atoms with Crippen molar-refractivity contribution in [2.45, 2.75) is 20.5 Å². The van der Waals surface area contributed by atoms with Gasteiger partial charge in [0.25, 0.3) is 5.91 Å². The summed E-state index contributed by atoms with van der Waals surface area (Å²) in [6.45, 7) is 3.97. The fourth-order valence-corrected chi connectivity index (χ4v) is 4.45. The van der Waals surface area contributed by atoms with Crippen LogP contribution in [0.2, 0.25) is 0 Å². The number of anilines is 1. The third kappa shape index (κ3) is 4.02. The van der Waals surface area contributed by atoms with Crippen LogP contribution in [0.4, 0.5) is 10.1 Å². The van der Waals surface area contributed by atoms with E-state index < -0.39 is 0 Å². The van der Waals surface area contributed by atoms with Gasteiger partial charge in [-0.1, -0.05) is 0 Å². The van der Waals surface area contributed by atoms with Crippen LogP contribution < -0.4 is 10.1 Å². The van der Waals surface area contributed by atoms with Gasteiger partial charge in [0, 0.05) is 5.69 Å². The number of aromatic nitrogens is 2. The monoisotopic (exact) mass is 413 g/mol. The molecule has 8 heteroatoms. The predicted octanol–water partition coefficient (Wildman–Crippen LogP) is 5.34. The Bertz CT molecular complexity index is 1150. The van der Waals surface area contributed by atoms with Gasteiger partial charge >= 0.3 is 0 Å². The maximum Gasteiger partial charge on any atom is 0.267 e. The number of carbonyl (C=O) groups excluding carboxylic acids is 1. The molecule has 1 amide bonds. The van der Waals surface area contributed by atoms with Crippen LogP contribution in [-0.2, 0) is 6.61 Å². The van der Waals surface area contributed by atoms with Crippen LogP contribution in [0, 0.1) is 19.7 Å². The fourth-order valence-electron chi connectivity index (χ4n) is 2.71. The lowest BCUT2D eigenvalue weighted by atomic mass is 10.3. The first-order chi connectivity index (χ1) is 13.5. The summed E-state index contributed by atoms with van der Waals surface area (Å²) in [5.41, 5.74) is 2.29. The highest BCUT2D eigenvalue weighted by atomic mass is 32.1. The highest BCUT2D eigenvalue weighted by Gasteiger charge is 2.16. The van der Waals surface area contributed by atoms with Crippen molar-refractivity contribution in [3.05, 3.63) is 68.9 Å². The Balaban J connectivity index is 1.45. The number of benzene rings is 2. The molecule has 0 aliphatic rings. The van der Waals surface area contributed by atoms with E-state index in [1.165, 1.54) is 23.5 Å². The first-order valence-corrected chi connectivity index (χ1v) is 10.1. The van der Waals surface area contributed by atoms with E-state index in [0.29, 0.717) is 21.3 Å². The topological polar surface area (TPSA) is 64.1 Å². The number of ether oxygens (including phenoxy) is 1. The van der Waals surface area contributed by atoms with Crippen LogP contribution in [0.25, 0.3) is 10.2 Å². The molecule has 4 rings (SSSR count). The summed E-state index contributed by atoms with van der Waals surface area (Å²) in [5, 5.41) is 4.59. The maximum atomic E-state index is 12.9. The van der Waals surface area contributed by atoms with Gasteiger partial charge in [-0.15, -0.1) is 22.7 Å². The van der Waals surface area contributed by atoms with Gasteiger partial charge in [-0.05, 0) is 56.3 Å². The van der Waals surface area contributed by atoms with Gasteiger partial charge < -0.3 is 10.1 Å². The highest BCUT2D eigenvalue weighted by molar-refractivity contribution is 7.18. The molecule has 1 N–H and O–H groups in total. The Labute approximate surface area is 168 Å². The summed E-state index contributed by atoms with van der Waals surface area (Å²) in [6, 6.07) is 11.4. The predicted molar refractivity (Wildman–Crippen MR) is 110 cm³/mol. The summed E-state index contributed by atoms with van der Waals surface area (Å²) in [7, 11) is 0. The third-order valence-electron chi connectivity index (χ3n) is 3.98. The van der Waals surface area contributed by atoms with Crippen molar-refractivity contribution in [1.82, 2.24) is 9.97 Å². The molecule has 142 valence electrons. The van der Waals surface area contributed by atoms with E-state index in [0.717, 1.165) is 20.9 Å². The highest BCUT2D eigenvalue weighted by Crippen LogP contribution is 2.26. The van der Waals surface area contributed by atoms with Crippen LogP contribution in [0.3, 0.4) is 0 Å². The summed E-state index contributed by atoms with van der Waals surface area (Å²) < 4.78 is 19.6. The summed E-state index contributed by atoms with van der Waals surface area (Å²) >= 11 is 2.87. The average Bonchev–Trinajstić information content (AvgIpc) is 3.22. The second kappa shape index (κ2) is 7.65. The standard InChI is InChI=1S/C20H16FN3O2S2/c1-11-19(28-18(22-11)10-26-15-6-3-13(21)4-7-15)20(25)24-14-5-8-16-17(9-14)27-12(2)23-16/h3-9H,10H2,1-2H3,(H,24,25). The Morgan fingerprint density at radius 3 is 2.68 bits per heavy atom. The molecule has 2 aromatic heterocycles. The van der Waals surface area contributed by atoms with Gasteiger partial charge in [0.1, 0.15) is 28.1 Å². The van der Waals surface area contributed by atoms with Crippen molar-refractivity contribution >= 4 is 44.5 Å². The number of hydrogen-bond donors (Lipinski definition) is 1. The molecule has 0 unspecified atom stereocenters. The lowest BCUT2D eigenvalue weighted by molar-refractivity contribution is 0.103. The number of fused-ring (bicyclic) bond motifs is 1. The first kappa shape index (κ1) is 18.5. The summed E-state index contributed by atoms with van der Waals surface area (Å²) in [4.78, 5) is 22.0. The van der Waals surface area contributed by atoms with Crippen LogP contribution in [-0.4, -0.2) is 15.9 Å². The molecule has 0 saturated heterocycles. The Morgan fingerprint density at radius 1 is 1.11 bits per heavy atom. The number of nitrogens with zero attached hydrogens (tertiary/aromatic N) is 2. The Morgan fingerprint density at radius 2 is 1.89 bits per heavy atom. The summed E-state index contributed by atoms with van der Waals surface area (Å²) in [5.74, 6) is 0.0279. The van der Waals surface area contributed by atoms with E-state index in [1.807, 2.05) is 25.1 Å². The van der Waals surface area contributed by atoms with E-state index in [9.17, 15) is 9.18 Å². The quantitative estimate of drug-likeness (QED) is 0.480. The van der Waals surface area contributed by atoms with Gasteiger partial charge in [0.15, 0.2) is 0 Å². The molecule has 0 bridgehead atoms. The van der Waals surface area contributed by atoms with Crippen LogP contribution in [0.15, 0.2) is 42.5 Å². The molecule has 0 aliphatic carbocycles. The number of amides is 1. The minimum absolute atomic E-state index is 0.205. The smallest absolute Gasteiger partial charge is 0.267 e. The van der Waals surface area contributed by atoms with Crippen molar-refractivity contribution in [2.24, 2.45) is 0 Å². The molecular formula is C20H16FN3O2S2. The van der Waals surface area contributed by atoms with Crippen molar-refractivity contribution in [3.63, 3.8) is 0 Å². The normalized spacial score (nSPS) is 11.0. The van der Waals surface area contributed by atoms with Crippen LogP contribution >= 0.6 is 22.7 Å². The van der Waals surface area contributed by atoms with Crippen molar-refractivity contribution in [2.75, 3.05) is 5.32 Å². The van der Waals surface area contributed by atoms with E-state index in [2.05, 4.69) is 15.3 Å². The van der Waals surface area contributed by atoms with E-state index >= 15 is 0 Å². The van der Waals surface area contributed by atoms with Crippen LogP contribution in [0.1, 0.15) is 25.4 Å². The molecule has 0 fully saturated rings. The maximum absolute atomic E-state index is 12.9. The number of nitrogens with one attached hydrogen (secondary N) is 1. The molecule has 0 radical (unpaired) electrons. The summed E-state index contributed by atoms with van der Waals surface area (Å²) in [6.07, 6.45) is 0. The zero-order valence-electron chi connectivity index (χ0n) is 15.2. The SMILES string of the molecule is Cc1nc2ccc(NC(=O)c3sc(COc4ccc(F)cc4)nc3C)cc2s1. The number of rotatable bonds is 5. The second-order valence-electron chi connectivity index (χ2n) is 6.13. The first-order valence-electron chi connectivity index (χ1n) is 8.51. The number of aryl methyl sites for hydroxylation is 2. The van der Waals surface area contributed by atoms with Gasteiger partial charge in [-0.2, -0.15) is 0 Å². The zero-order chi connectivity index (χ0) is 19.7. The van der Waals surface area contributed by atoms with Crippen molar-refractivity contribution in [1.29, 1.82) is 0 Å². The van der Waals surface area contributed by atoms with Gasteiger partial charge in [-0.25, -0.2) is 14.4 Å². The molecule has 0 spiro atoms. The molecule has 0 atom stereocenters. The van der Waals surface area contributed by atoms with E-state index in [4.69, 9.17) is 4.74 Å². The van der Waals surface area contributed by atoms with Crippen molar-refractivity contribution in [3.8, 4) is 5.75 Å². The number of thiazole rings is 2. The Hall–Kier alpha value is -2.84. The molecule has 2 aromatic carbocycles. The number of carbonyl (C=O) groups is 1. The molecule has 2 heterocycles. The third-order valence-corrected chi connectivity index (χ3v) is 6.04. The van der Waals surface area contributed by atoms with Gasteiger partial charge in [-0.3, -0.25) is 4.79 Å². The lowest BCUT2D eigenvalue weighted by Crippen LogP contribution is -2.11. The van der Waals surface area contributed by atoms with E-state index in [-0.39, 0.29) is 18.3 Å². The fraction of sp³-hybridized carbons (Fsp3) is 0.150. The second-order valence-corrected chi connectivity index (χ2v) is 8.45. The minimum atomic E-state index is -0.317. The molecule has 5 nitrogen and oxygen atoms in total. The molecule has 0 aliphatic heterocycles. The molecule has 0 saturated carbocycles.